The van der Waals surface area contributed by atoms with Crippen molar-refractivity contribution in [3.8, 4) is 22.8 Å². The number of aromatic nitrogens is 2. The molecule has 0 radical (unpaired) electrons. The first-order chi connectivity index (χ1) is 14.9. The van der Waals surface area contributed by atoms with Crippen LogP contribution in [0.1, 0.15) is 37.3 Å². The highest BCUT2D eigenvalue weighted by Crippen LogP contribution is 2.32. The number of hydrogen-bond donors (Lipinski definition) is 2. The average Bonchev–Trinajstić information content (AvgIpc) is 3.26. The van der Waals surface area contributed by atoms with Crippen molar-refractivity contribution in [2.45, 2.75) is 31.1 Å². The van der Waals surface area contributed by atoms with Crippen LogP contribution in [0.25, 0.3) is 11.3 Å². The zero-order valence-electron chi connectivity index (χ0n) is 17.9. The molecule has 164 valence electrons. The molecule has 0 unspecified atom stereocenters. The summed E-state index contributed by atoms with van der Waals surface area (Å²) >= 11 is 0. The highest BCUT2D eigenvalue weighted by molar-refractivity contribution is 7.89. The largest absolute Gasteiger partial charge is 0.493 e. The Kier molecular flexibility index (Phi) is 6.96. The summed E-state index contributed by atoms with van der Waals surface area (Å²) in [4.78, 5) is 2.41. The first-order valence-electron chi connectivity index (χ1n) is 9.80. The Hall–Kier alpha value is -3.33. The van der Waals surface area contributed by atoms with Crippen molar-refractivity contribution in [1.82, 2.24) is 15.0 Å². The third kappa shape index (κ3) is 5.05. The summed E-state index contributed by atoms with van der Waals surface area (Å²) < 4.78 is 35.7. The highest BCUT2D eigenvalue weighted by atomic mass is 32.2. The fraction of sp³-hybridized carbons (Fsp3) is 0.273. The summed E-state index contributed by atoms with van der Waals surface area (Å²) in [6.07, 6.45) is 3.95. The van der Waals surface area contributed by atoms with E-state index < -0.39 is 10.0 Å². The van der Waals surface area contributed by atoms with E-state index in [9.17, 15) is 8.42 Å². The molecule has 0 aliphatic rings. The van der Waals surface area contributed by atoms with E-state index in [4.69, 9.17) is 9.47 Å². The SMILES string of the molecule is CC[C@@H](C)c1ccc(S(=O)(=O)N/N=C\c2cn[nH]c2-c2ccc(OC)c(OC)c2)cc1. The van der Waals surface area contributed by atoms with Crippen molar-refractivity contribution in [3.63, 3.8) is 0 Å². The van der Waals surface area contributed by atoms with Crippen molar-refractivity contribution in [3.05, 3.63) is 59.8 Å². The summed E-state index contributed by atoms with van der Waals surface area (Å²) in [5.74, 6) is 1.55. The van der Waals surface area contributed by atoms with E-state index >= 15 is 0 Å². The van der Waals surface area contributed by atoms with Gasteiger partial charge in [-0.15, -0.1) is 0 Å². The lowest BCUT2D eigenvalue weighted by molar-refractivity contribution is 0.355. The molecule has 0 fully saturated rings. The Morgan fingerprint density at radius 1 is 1.13 bits per heavy atom. The Morgan fingerprint density at radius 2 is 1.84 bits per heavy atom. The van der Waals surface area contributed by atoms with E-state index in [-0.39, 0.29) is 4.90 Å². The van der Waals surface area contributed by atoms with E-state index in [1.54, 1.807) is 44.7 Å². The van der Waals surface area contributed by atoms with Crippen LogP contribution in [0, 0.1) is 0 Å². The van der Waals surface area contributed by atoms with Crippen molar-refractivity contribution < 1.29 is 17.9 Å². The maximum atomic E-state index is 12.5. The number of ether oxygens (including phenoxy) is 2. The first-order valence-corrected chi connectivity index (χ1v) is 11.3. The van der Waals surface area contributed by atoms with Crippen LogP contribution in [0.3, 0.4) is 0 Å². The van der Waals surface area contributed by atoms with Gasteiger partial charge < -0.3 is 9.47 Å². The number of sulfonamides is 1. The van der Waals surface area contributed by atoms with Gasteiger partial charge in [-0.05, 0) is 48.2 Å². The number of aromatic amines is 1. The second-order valence-electron chi connectivity index (χ2n) is 7.00. The number of hydrazone groups is 1. The van der Waals surface area contributed by atoms with E-state index in [1.807, 2.05) is 18.2 Å². The number of methoxy groups -OCH3 is 2. The molecule has 0 saturated heterocycles. The van der Waals surface area contributed by atoms with Crippen molar-refractivity contribution in [1.29, 1.82) is 0 Å². The smallest absolute Gasteiger partial charge is 0.276 e. The molecular weight excluding hydrogens is 416 g/mol. The average molecular weight is 443 g/mol. The normalized spacial score (nSPS) is 12.6. The summed E-state index contributed by atoms with van der Waals surface area (Å²) in [7, 11) is -0.653. The van der Waals surface area contributed by atoms with Gasteiger partial charge >= 0.3 is 0 Å². The second kappa shape index (κ2) is 9.65. The number of hydrogen-bond acceptors (Lipinski definition) is 6. The van der Waals surface area contributed by atoms with Gasteiger partial charge in [-0.25, -0.2) is 4.83 Å². The number of rotatable bonds is 9. The molecule has 2 aromatic carbocycles. The molecule has 3 rings (SSSR count). The van der Waals surface area contributed by atoms with Gasteiger partial charge in [0, 0.05) is 11.1 Å². The third-order valence-corrected chi connectivity index (χ3v) is 6.33. The summed E-state index contributed by atoms with van der Waals surface area (Å²) in [5, 5.41) is 10.9. The summed E-state index contributed by atoms with van der Waals surface area (Å²) in [6.45, 7) is 4.20. The molecule has 8 nitrogen and oxygen atoms in total. The van der Waals surface area contributed by atoms with Gasteiger partial charge in [0.15, 0.2) is 11.5 Å². The van der Waals surface area contributed by atoms with E-state index in [2.05, 4.69) is 34.0 Å². The molecule has 0 saturated carbocycles. The first kappa shape index (κ1) is 22.4. The molecule has 1 atom stereocenters. The highest BCUT2D eigenvalue weighted by Gasteiger charge is 2.14. The van der Waals surface area contributed by atoms with Crippen LogP contribution in [0.2, 0.25) is 0 Å². The third-order valence-electron chi connectivity index (χ3n) is 5.09. The second-order valence-corrected chi connectivity index (χ2v) is 8.66. The molecule has 0 spiro atoms. The molecular formula is C22H26N4O4S. The number of benzene rings is 2. The Bertz CT molecular complexity index is 1150. The number of H-pyrrole nitrogens is 1. The molecule has 0 bridgehead atoms. The van der Waals surface area contributed by atoms with Gasteiger partial charge in [-0.2, -0.15) is 18.6 Å². The van der Waals surface area contributed by atoms with Gasteiger partial charge in [0.25, 0.3) is 10.0 Å². The topological polar surface area (TPSA) is 106 Å². The zero-order chi connectivity index (χ0) is 22.4. The molecule has 0 amide bonds. The molecule has 9 heteroatoms. The lowest BCUT2D eigenvalue weighted by Crippen LogP contribution is -2.18. The lowest BCUT2D eigenvalue weighted by Gasteiger charge is -2.10. The van der Waals surface area contributed by atoms with Crippen LogP contribution < -0.4 is 14.3 Å². The van der Waals surface area contributed by atoms with Crippen LogP contribution in [-0.2, 0) is 10.0 Å². The van der Waals surface area contributed by atoms with Gasteiger partial charge in [0.2, 0.25) is 0 Å². The van der Waals surface area contributed by atoms with Crippen LogP contribution in [-0.4, -0.2) is 39.0 Å². The summed E-state index contributed by atoms with van der Waals surface area (Å²) in [6, 6.07) is 12.3. The predicted octanol–water partition coefficient (Wildman–Crippen LogP) is 3.92. The van der Waals surface area contributed by atoms with Gasteiger partial charge in [0.1, 0.15) is 0 Å². The Labute approximate surface area is 182 Å². The minimum absolute atomic E-state index is 0.156. The standard InChI is InChI=1S/C22H26N4O4S/c1-5-15(2)16-6-9-19(10-7-16)31(27,28)26-24-14-18-13-23-25-22(18)17-8-11-20(29-3)21(12-17)30-4/h6-15,26H,5H2,1-4H3,(H,23,25)/b24-14-/t15-/m1/s1. The van der Waals surface area contributed by atoms with Gasteiger partial charge in [-0.1, -0.05) is 26.0 Å². The molecule has 0 aliphatic carbocycles. The van der Waals surface area contributed by atoms with Crippen LogP contribution in [0.5, 0.6) is 11.5 Å². The van der Waals surface area contributed by atoms with Gasteiger partial charge in [-0.3, -0.25) is 5.10 Å². The molecule has 1 aromatic heterocycles. The molecule has 2 N–H and O–H groups in total. The summed E-state index contributed by atoms with van der Waals surface area (Å²) in [5.41, 5.74) is 3.17. The van der Waals surface area contributed by atoms with E-state index in [0.29, 0.717) is 28.7 Å². The number of nitrogens with zero attached hydrogens (tertiary/aromatic N) is 2. The molecule has 0 aliphatic heterocycles. The monoisotopic (exact) mass is 442 g/mol. The molecule has 1 heterocycles. The minimum atomic E-state index is -3.77. The zero-order valence-corrected chi connectivity index (χ0v) is 18.7. The maximum Gasteiger partial charge on any atom is 0.276 e. The van der Waals surface area contributed by atoms with Crippen molar-refractivity contribution in [2.24, 2.45) is 5.10 Å². The van der Waals surface area contributed by atoms with Crippen LogP contribution in [0.15, 0.2) is 58.7 Å². The van der Waals surface area contributed by atoms with E-state index in [1.165, 1.54) is 6.21 Å². The van der Waals surface area contributed by atoms with Crippen LogP contribution >= 0.6 is 0 Å². The fourth-order valence-electron chi connectivity index (χ4n) is 3.05. The quantitative estimate of drug-likeness (QED) is 0.386. The predicted molar refractivity (Wildman–Crippen MR) is 120 cm³/mol. The maximum absolute atomic E-state index is 12.5. The van der Waals surface area contributed by atoms with E-state index in [0.717, 1.165) is 17.5 Å². The number of nitrogens with one attached hydrogen (secondary N) is 2. The van der Waals surface area contributed by atoms with Crippen LogP contribution in [0.4, 0.5) is 0 Å². The van der Waals surface area contributed by atoms with Crippen molar-refractivity contribution in [2.75, 3.05) is 14.2 Å². The fourth-order valence-corrected chi connectivity index (χ4v) is 3.84. The molecule has 31 heavy (non-hydrogen) atoms. The lowest BCUT2D eigenvalue weighted by atomic mass is 9.99. The minimum Gasteiger partial charge on any atom is -0.493 e. The van der Waals surface area contributed by atoms with Gasteiger partial charge in [0.05, 0.1) is 37.2 Å². The Morgan fingerprint density at radius 3 is 2.48 bits per heavy atom. The Balaban J connectivity index is 1.77. The molecule has 3 aromatic rings. The van der Waals surface area contributed by atoms with Crippen molar-refractivity contribution >= 4 is 16.2 Å².